The predicted molar refractivity (Wildman–Crippen MR) is 145 cm³/mol. The smallest absolute Gasteiger partial charge is 0.0856 e. The molecule has 2 heterocycles. The van der Waals surface area contributed by atoms with Crippen molar-refractivity contribution in [3.05, 3.63) is 113 Å². The van der Waals surface area contributed by atoms with E-state index >= 15 is 0 Å². The van der Waals surface area contributed by atoms with Crippen molar-refractivity contribution in [3.8, 4) is 0 Å². The van der Waals surface area contributed by atoms with Gasteiger partial charge in [-0.15, -0.1) is 12.4 Å². The normalized spacial score (nSPS) is 13.0. The number of halogens is 1. The van der Waals surface area contributed by atoms with E-state index < -0.39 is 25.4 Å². The van der Waals surface area contributed by atoms with Crippen molar-refractivity contribution >= 4 is 41.1 Å². The minimum Gasteiger partial charge on any atom is -0.394 e. The van der Waals surface area contributed by atoms with Crippen LogP contribution in [-0.2, 0) is 19.5 Å². The van der Waals surface area contributed by atoms with Crippen LogP contribution in [0.25, 0.3) is 11.6 Å². The number of nitrogens with two attached hydrogens (primary N) is 1. The van der Waals surface area contributed by atoms with E-state index in [2.05, 4.69) is 101 Å². The molecular weight excluding hydrogens is 563 g/mol. The van der Waals surface area contributed by atoms with Crippen molar-refractivity contribution in [1.29, 1.82) is 0 Å². The van der Waals surface area contributed by atoms with E-state index in [1.54, 1.807) is 0 Å². The van der Waals surface area contributed by atoms with Crippen molar-refractivity contribution in [2.45, 2.75) is 5.54 Å². The summed E-state index contributed by atoms with van der Waals surface area (Å²) >= 11 is 0. The van der Waals surface area contributed by atoms with Crippen molar-refractivity contribution in [3.63, 3.8) is 0 Å². The Hall–Kier alpha value is -2.77. The van der Waals surface area contributed by atoms with Crippen molar-refractivity contribution in [2.24, 2.45) is 5.73 Å². The van der Waals surface area contributed by atoms with Gasteiger partial charge in [0.2, 0.25) is 0 Å². The number of hydrogen-bond donors (Lipinski definition) is 5. The number of rotatable bonds is 5. The molecule has 0 aromatic heterocycles. The van der Waals surface area contributed by atoms with Crippen molar-refractivity contribution < 1.29 is 34.8 Å². The average molecular weight is 593 g/mol. The summed E-state index contributed by atoms with van der Waals surface area (Å²) in [7, 11) is 0. The van der Waals surface area contributed by atoms with Gasteiger partial charge in [-0.1, -0.05) is 66.7 Å². The van der Waals surface area contributed by atoms with Gasteiger partial charge in [-0.25, -0.2) is 0 Å². The summed E-state index contributed by atoms with van der Waals surface area (Å²) in [5.41, 5.74) is 9.90. The molecule has 0 atom stereocenters. The molecule has 3 aromatic rings. The van der Waals surface area contributed by atoms with Gasteiger partial charge in [-0.3, -0.25) is 0 Å². The zero-order valence-corrected chi connectivity index (χ0v) is 22.1. The van der Waals surface area contributed by atoms with Crippen LogP contribution in [-0.4, -0.2) is 40.7 Å². The Morgan fingerprint density at radius 3 is 2.03 bits per heavy atom. The van der Waals surface area contributed by atoms with Gasteiger partial charge in [0.1, 0.15) is 0 Å². The van der Waals surface area contributed by atoms with Crippen LogP contribution in [0.15, 0.2) is 97.3 Å². The number of nitrogens with one attached hydrogen (secondary N) is 1. The minimum atomic E-state index is -1.21. The first-order valence-electron chi connectivity index (χ1n) is 11.1. The van der Waals surface area contributed by atoms with E-state index in [0.29, 0.717) is 0 Å². The number of hydrogen-bond acceptors (Lipinski definition) is 6. The van der Waals surface area contributed by atoms with E-state index in [4.69, 9.17) is 21.1 Å². The van der Waals surface area contributed by atoms with Crippen LogP contribution >= 0.6 is 12.4 Å². The van der Waals surface area contributed by atoms with E-state index in [1.165, 1.54) is 27.3 Å². The second-order valence-corrected chi connectivity index (χ2v) is 8.23. The molecule has 190 valence electrons. The van der Waals surface area contributed by atoms with Gasteiger partial charge in [0.15, 0.2) is 0 Å². The molecule has 0 amide bonds. The standard InChI is InChI=1S/C24H18N2.C4H11NO3.ClH.Ru/c1-3-8-18(9-4-1)21-15-16-25-23-22(21)14-13-19-10-7-17-26(24(19)23)20-11-5-2-6-12-20;5-4(1-6,2-7)3-8;;/h1-17,25H;6-8H,1-3,5H2;1H;. The molecule has 0 unspecified atom stereocenters. The number of para-hydroxylation sites is 1. The van der Waals surface area contributed by atoms with Gasteiger partial charge in [0.05, 0.1) is 36.7 Å². The van der Waals surface area contributed by atoms with Gasteiger partial charge in [0.25, 0.3) is 0 Å². The van der Waals surface area contributed by atoms with E-state index in [-0.39, 0.29) is 31.9 Å². The van der Waals surface area contributed by atoms with Crippen LogP contribution in [0.1, 0.15) is 5.56 Å². The van der Waals surface area contributed by atoms with Crippen LogP contribution < -0.4 is 26.4 Å². The maximum Gasteiger partial charge on any atom is 0.0856 e. The summed E-state index contributed by atoms with van der Waals surface area (Å²) < 4.78 is 0. The Balaban J connectivity index is 0.000000401. The SMILES string of the molecule is C1=CN(c2ccccc2)c2c3c(ccc2=C1)=C(c1ccccc1)C=CN3.Cl.NC(CO)(CO)CO.[Ru]. The molecule has 2 aliphatic rings. The first-order chi connectivity index (χ1) is 16.6. The van der Waals surface area contributed by atoms with Crippen molar-refractivity contribution in [1.82, 2.24) is 0 Å². The fourth-order valence-electron chi connectivity index (χ4n) is 3.80. The zero-order chi connectivity index (χ0) is 24.0. The molecule has 8 heteroatoms. The van der Waals surface area contributed by atoms with Gasteiger partial charge >= 0.3 is 0 Å². The summed E-state index contributed by atoms with van der Waals surface area (Å²) in [6.45, 7) is -1.21. The van der Waals surface area contributed by atoms with Gasteiger partial charge in [-0.2, -0.15) is 0 Å². The van der Waals surface area contributed by atoms with Crippen LogP contribution in [0.5, 0.6) is 0 Å². The number of anilines is 3. The zero-order valence-electron chi connectivity index (χ0n) is 19.6. The number of aliphatic hydroxyl groups excluding tert-OH is 3. The molecular formula is C28H30ClN3O3Ru. The molecule has 2 aliphatic heterocycles. The predicted octanol–water partition coefficient (Wildman–Crippen LogP) is 2.35. The van der Waals surface area contributed by atoms with Crippen LogP contribution in [0.2, 0.25) is 0 Å². The Morgan fingerprint density at radius 2 is 1.44 bits per heavy atom. The van der Waals surface area contributed by atoms with E-state index in [1.807, 2.05) is 12.3 Å². The molecule has 0 saturated carbocycles. The molecule has 6 N–H and O–H groups in total. The van der Waals surface area contributed by atoms with Gasteiger partial charge in [0, 0.05) is 48.0 Å². The summed E-state index contributed by atoms with van der Waals surface area (Å²) in [5, 5.41) is 31.0. The molecule has 0 spiro atoms. The molecule has 0 radical (unpaired) electrons. The fraction of sp³-hybridized carbons (Fsp3) is 0.143. The third-order valence-electron chi connectivity index (χ3n) is 5.79. The molecule has 3 aromatic carbocycles. The first-order valence-corrected chi connectivity index (χ1v) is 11.1. The van der Waals surface area contributed by atoms with Crippen LogP contribution in [0.3, 0.4) is 0 Å². The third kappa shape index (κ3) is 6.32. The van der Waals surface area contributed by atoms with Crippen LogP contribution in [0.4, 0.5) is 17.1 Å². The molecule has 36 heavy (non-hydrogen) atoms. The molecule has 0 saturated heterocycles. The van der Waals surface area contributed by atoms with Gasteiger partial charge < -0.3 is 31.3 Å². The maximum absolute atomic E-state index is 8.34. The Morgan fingerprint density at radius 1 is 0.833 bits per heavy atom. The quantitative estimate of drug-likeness (QED) is 0.292. The topological polar surface area (TPSA) is 102 Å². The fourth-order valence-corrected chi connectivity index (χ4v) is 3.80. The maximum atomic E-state index is 8.34. The summed E-state index contributed by atoms with van der Waals surface area (Å²) in [5.74, 6) is 0. The first kappa shape index (κ1) is 29.5. The number of allylic oxidation sites excluding steroid dienone is 2. The van der Waals surface area contributed by atoms with E-state index in [9.17, 15) is 0 Å². The second-order valence-electron chi connectivity index (χ2n) is 8.23. The molecule has 0 aliphatic carbocycles. The molecule has 5 rings (SSSR count). The van der Waals surface area contributed by atoms with Crippen molar-refractivity contribution in [2.75, 3.05) is 30.0 Å². The second kappa shape index (κ2) is 13.5. The number of nitrogens with zero attached hydrogens (tertiary/aromatic N) is 1. The molecule has 0 bridgehead atoms. The summed E-state index contributed by atoms with van der Waals surface area (Å²) in [6.07, 6.45) is 10.6. The van der Waals surface area contributed by atoms with Crippen LogP contribution in [0, 0.1) is 0 Å². The number of fused-ring (bicyclic) bond motifs is 3. The van der Waals surface area contributed by atoms with Gasteiger partial charge in [-0.05, 0) is 35.4 Å². The monoisotopic (exact) mass is 593 g/mol. The van der Waals surface area contributed by atoms with E-state index in [0.717, 1.165) is 11.4 Å². The Labute approximate surface area is 229 Å². The Kier molecular flexibility index (Phi) is 11.1. The number of aliphatic hydroxyl groups is 3. The minimum absolute atomic E-state index is 0. The molecule has 6 nitrogen and oxygen atoms in total. The summed E-state index contributed by atoms with van der Waals surface area (Å²) in [4.78, 5) is 2.25. The average Bonchev–Trinajstić information content (AvgIpc) is 2.93. The summed E-state index contributed by atoms with van der Waals surface area (Å²) in [6, 6.07) is 25.4. The largest absolute Gasteiger partial charge is 0.394 e. The Bertz CT molecular complexity index is 1300. The molecule has 0 fully saturated rings. The number of benzene rings is 3. The third-order valence-corrected chi connectivity index (χ3v) is 5.79.